The van der Waals surface area contributed by atoms with Gasteiger partial charge < -0.3 is 4.74 Å². The fraction of sp³-hybridized carbons (Fsp3) is 0.526. The number of fused-ring (bicyclic) bond motifs is 1. The van der Waals surface area contributed by atoms with Crippen molar-refractivity contribution in [3.8, 4) is 0 Å². The quantitative estimate of drug-likeness (QED) is 0.605. The SMILES string of the molecule is CC(C)(C)C(=O)CSc1nc2ccccc2c(=O)n1C[C@H]1CCCO1. The lowest BCUT2D eigenvalue weighted by atomic mass is 9.92. The van der Waals surface area contributed by atoms with Gasteiger partial charge in [-0.3, -0.25) is 14.2 Å². The number of hydrogen-bond donors (Lipinski definition) is 0. The fourth-order valence-corrected chi connectivity index (χ4v) is 3.93. The minimum Gasteiger partial charge on any atom is -0.376 e. The molecule has 1 saturated heterocycles. The van der Waals surface area contributed by atoms with Crippen molar-refractivity contribution in [1.82, 2.24) is 9.55 Å². The van der Waals surface area contributed by atoms with E-state index in [2.05, 4.69) is 4.98 Å². The Morgan fingerprint density at radius 2 is 2.12 bits per heavy atom. The van der Waals surface area contributed by atoms with E-state index in [1.807, 2.05) is 39.0 Å². The normalized spacial score (nSPS) is 18.0. The van der Waals surface area contributed by atoms with Crippen molar-refractivity contribution in [3.63, 3.8) is 0 Å². The van der Waals surface area contributed by atoms with E-state index < -0.39 is 5.41 Å². The summed E-state index contributed by atoms with van der Waals surface area (Å²) < 4.78 is 7.37. The molecule has 1 aliphatic heterocycles. The van der Waals surface area contributed by atoms with Crippen LogP contribution in [0, 0.1) is 5.41 Å². The molecule has 2 heterocycles. The summed E-state index contributed by atoms with van der Waals surface area (Å²) in [7, 11) is 0. The van der Waals surface area contributed by atoms with E-state index in [4.69, 9.17) is 4.74 Å². The van der Waals surface area contributed by atoms with Gasteiger partial charge in [-0.05, 0) is 25.0 Å². The van der Waals surface area contributed by atoms with Gasteiger partial charge in [-0.25, -0.2) is 4.98 Å². The molecule has 5 nitrogen and oxygen atoms in total. The maximum absolute atomic E-state index is 12.9. The highest BCUT2D eigenvalue weighted by Crippen LogP contribution is 2.24. The van der Waals surface area contributed by atoms with Gasteiger partial charge in [-0.2, -0.15) is 0 Å². The van der Waals surface area contributed by atoms with Gasteiger partial charge in [0.05, 0.1) is 29.3 Å². The highest BCUT2D eigenvalue weighted by molar-refractivity contribution is 7.99. The number of aromatic nitrogens is 2. The number of Topliss-reactive ketones (excluding diaryl/α,β-unsaturated/α-hetero) is 1. The van der Waals surface area contributed by atoms with Gasteiger partial charge in [0.15, 0.2) is 5.16 Å². The van der Waals surface area contributed by atoms with Crippen LogP contribution >= 0.6 is 11.8 Å². The number of rotatable bonds is 5. The Balaban J connectivity index is 1.96. The van der Waals surface area contributed by atoms with E-state index in [0.717, 1.165) is 19.4 Å². The zero-order valence-corrected chi connectivity index (χ0v) is 15.8. The lowest BCUT2D eigenvalue weighted by Crippen LogP contribution is -2.29. The first-order chi connectivity index (χ1) is 11.9. The zero-order chi connectivity index (χ0) is 18.0. The molecule has 1 aliphatic rings. The number of ether oxygens (including phenoxy) is 1. The molecule has 25 heavy (non-hydrogen) atoms. The van der Waals surface area contributed by atoms with Gasteiger partial charge >= 0.3 is 0 Å². The van der Waals surface area contributed by atoms with Crippen LogP contribution in [0.3, 0.4) is 0 Å². The summed E-state index contributed by atoms with van der Waals surface area (Å²) in [5.41, 5.74) is 0.206. The monoisotopic (exact) mass is 360 g/mol. The molecule has 0 amide bonds. The Hall–Kier alpha value is -1.66. The summed E-state index contributed by atoms with van der Waals surface area (Å²) in [5.74, 6) is 0.448. The van der Waals surface area contributed by atoms with Crippen LogP contribution in [0.15, 0.2) is 34.2 Å². The second-order valence-corrected chi connectivity index (χ2v) is 8.37. The summed E-state index contributed by atoms with van der Waals surface area (Å²) in [6.45, 7) is 6.95. The molecular weight excluding hydrogens is 336 g/mol. The molecule has 3 rings (SSSR count). The summed E-state index contributed by atoms with van der Waals surface area (Å²) in [6, 6.07) is 7.35. The molecule has 0 saturated carbocycles. The maximum Gasteiger partial charge on any atom is 0.262 e. The van der Waals surface area contributed by atoms with Crippen molar-refractivity contribution in [2.24, 2.45) is 5.41 Å². The van der Waals surface area contributed by atoms with Crippen molar-refractivity contribution in [2.45, 2.75) is 51.4 Å². The van der Waals surface area contributed by atoms with Crippen molar-refractivity contribution < 1.29 is 9.53 Å². The molecule has 0 bridgehead atoms. The van der Waals surface area contributed by atoms with Crippen molar-refractivity contribution in [1.29, 1.82) is 0 Å². The highest BCUT2D eigenvalue weighted by atomic mass is 32.2. The molecule has 0 spiro atoms. The number of nitrogens with zero attached hydrogens (tertiary/aromatic N) is 2. The molecular formula is C19H24N2O3S. The predicted molar refractivity (Wildman–Crippen MR) is 100 cm³/mol. The van der Waals surface area contributed by atoms with Gasteiger partial charge in [0.1, 0.15) is 5.78 Å². The van der Waals surface area contributed by atoms with Crippen LogP contribution < -0.4 is 5.56 Å². The van der Waals surface area contributed by atoms with Gasteiger partial charge in [-0.1, -0.05) is 44.7 Å². The van der Waals surface area contributed by atoms with E-state index in [1.54, 1.807) is 10.6 Å². The molecule has 0 unspecified atom stereocenters. The molecule has 1 atom stereocenters. The van der Waals surface area contributed by atoms with Crippen molar-refractivity contribution in [3.05, 3.63) is 34.6 Å². The van der Waals surface area contributed by atoms with Crippen LogP contribution in [0.2, 0.25) is 0 Å². The van der Waals surface area contributed by atoms with E-state index in [0.29, 0.717) is 28.4 Å². The number of hydrogen-bond acceptors (Lipinski definition) is 5. The largest absolute Gasteiger partial charge is 0.376 e. The van der Waals surface area contributed by atoms with Crippen LogP contribution in [0.4, 0.5) is 0 Å². The summed E-state index contributed by atoms with van der Waals surface area (Å²) in [4.78, 5) is 29.9. The summed E-state index contributed by atoms with van der Waals surface area (Å²) >= 11 is 1.34. The Labute approximate surface area is 151 Å². The average molecular weight is 360 g/mol. The molecule has 1 fully saturated rings. The minimum absolute atomic E-state index is 0.0401. The van der Waals surface area contributed by atoms with Gasteiger partial charge in [-0.15, -0.1) is 0 Å². The first-order valence-corrected chi connectivity index (χ1v) is 9.62. The standard InChI is InChI=1S/C19H24N2O3S/c1-19(2,3)16(22)12-25-18-20-15-9-5-4-8-14(15)17(23)21(18)11-13-7-6-10-24-13/h4-5,8-9,13H,6-7,10-12H2,1-3H3/t13-/m1/s1. The summed E-state index contributed by atoms with van der Waals surface area (Å²) in [6.07, 6.45) is 2.01. The Morgan fingerprint density at radius 1 is 1.36 bits per heavy atom. The number of benzene rings is 1. The third-order valence-electron chi connectivity index (χ3n) is 4.41. The minimum atomic E-state index is -0.399. The third kappa shape index (κ3) is 4.12. The van der Waals surface area contributed by atoms with Crippen LogP contribution in [-0.2, 0) is 16.1 Å². The predicted octanol–water partition coefficient (Wildman–Crippen LogP) is 3.28. The van der Waals surface area contributed by atoms with Gasteiger partial charge in [0, 0.05) is 12.0 Å². The van der Waals surface area contributed by atoms with Gasteiger partial charge in [0.25, 0.3) is 5.56 Å². The molecule has 1 aromatic carbocycles. The highest BCUT2D eigenvalue weighted by Gasteiger charge is 2.24. The zero-order valence-electron chi connectivity index (χ0n) is 14.9. The molecule has 0 radical (unpaired) electrons. The Kier molecular flexibility index (Phi) is 5.29. The van der Waals surface area contributed by atoms with Crippen LogP contribution in [0.25, 0.3) is 10.9 Å². The number of para-hydroxylation sites is 1. The second kappa shape index (κ2) is 7.30. The molecule has 6 heteroatoms. The van der Waals surface area contributed by atoms with E-state index in [1.165, 1.54) is 11.8 Å². The molecule has 0 N–H and O–H groups in total. The third-order valence-corrected chi connectivity index (χ3v) is 5.38. The van der Waals surface area contributed by atoms with E-state index in [-0.39, 0.29) is 17.4 Å². The van der Waals surface area contributed by atoms with Crippen molar-refractivity contribution in [2.75, 3.05) is 12.4 Å². The first kappa shape index (κ1) is 18.1. The maximum atomic E-state index is 12.9. The molecule has 2 aromatic rings. The van der Waals surface area contributed by atoms with Gasteiger partial charge in [0.2, 0.25) is 0 Å². The number of carbonyl (C=O) groups excluding carboxylic acids is 1. The Morgan fingerprint density at radius 3 is 2.80 bits per heavy atom. The van der Waals surface area contributed by atoms with E-state index >= 15 is 0 Å². The smallest absolute Gasteiger partial charge is 0.262 e. The second-order valence-electron chi connectivity index (χ2n) is 7.42. The average Bonchev–Trinajstić information content (AvgIpc) is 3.08. The number of thioether (sulfide) groups is 1. The van der Waals surface area contributed by atoms with E-state index in [9.17, 15) is 9.59 Å². The number of ketones is 1. The molecule has 0 aliphatic carbocycles. The Bertz CT molecular complexity index is 833. The topological polar surface area (TPSA) is 61.2 Å². The fourth-order valence-electron chi connectivity index (χ4n) is 2.76. The van der Waals surface area contributed by atoms with Crippen LogP contribution in [0.1, 0.15) is 33.6 Å². The number of carbonyl (C=O) groups is 1. The first-order valence-electron chi connectivity index (χ1n) is 8.63. The summed E-state index contributed by atoms with van der Waals surface area (Å²) in [5, 5.41) is 1.20. The lowest BCUT2D eigenvalue weighted by Gasteiger charge is -2.18. The van der Waals surface area contributed by atoms with Crippen LogP contribution in [-0.4, -0.2) is 33.8 Å². The van der Waals surface area contributed by atoms with Crippen LogP contribution in [0.5, 0.6) is 0 Å². The lowest BCUT2D eigenvalue weighted by molar-refractivity contribution is -0.123. The van der Waals surface area contributed by atoms with Crippen molar-refractivity contribution >= 4 is 28.4 Å². The molecule has 134 valence electrons. The molecule has 1 aromatic heterocycles.